The molecule has 0 saturated carbocycles. The number of hydrogen-bond acceptors (Lipinski definition) is 3. The molecule has 0 aliphatic rings. The van der Waals surface area contributed by atoms with Crippen LogP contribution in [0.2, 0.25) is 0 Å². The van der Waals surface area contributed by atoms with Gasteiger partial charge in [0.05, 0.1) is 5.56 Å². The van der Waals surface area contributed by atoms with Crippen LogP contribution in [0.25, 0.3) is 6.08 Å². The maximum atomic E-state index is 12.6. The van der Waals surface area contributed by atoms with Gasteiger partial charge in [-0.2, -0.15) is 0 Å². The highest BCUT2D eigenvalue weighted by Crippen LogP contribution is 2.25. The fourth-order valence-corrected chi connectivity index (χ4v) is 3.21. The topological polar surface area (TPSA) is 46.5 Å². The van der Waals surface area contributed by atoms with Gasteiger partial charge in [0, 0.05) is 6.07 Å². The molecule has 0 saturated heterocycles. The van der Waals surface area contributed by atoms with Crippen LogP contribution >= 0.6 is 0 Å². The number of aromatic hydroxyl groups is 1. The molecule has 0 unspecified atom stereocenters. The molecule has 2 aromatic rings. The minimum absolute atomic E-state index is 0.0661. The maximum Gasteiger partial charge on any atom is 0.189 e. The van der Waals surface area contributed by atoms with Gasteiger partial charge in [-0.25, -0.2) is 0 Å². The number of ketones is 1. The van der Waals surface area contributed by atoms with Crippen molar-refractivity contribution in [2.75, 3.05) is 6.61 Å². The fourth-order valence-electron chi connectivity index (χ4n) is 3.21. The van der Waals surface area contributed by atoms with E-state index in [-0.39, 0.29) is 17.1 Å². The molecule has 0 atom stereocenters. The molecular formula is C27H34O3. The van der Waals surface area contributed by atoms with Crippen LogP contribution in [0.4, 0.5) is 0 Å². The molecule has 2 aromatic carbocycles. The van der Waals surface area contributed by atoms with E-state index in [0.717, 1.165) is 24.0 Å². The zero-order chi connectivity index (χ0) is 21.8. The molecule has 0 bridgehead atoms. The van der Waals surface area contributed by atoms with E-state index < -0.39 is 0 Å². The third kappa shape index (κ3) is 7.90. The van der Waals surface area contributed by atoms with E-state index in [0.29, 0.717) is 12.4 Å². The van der Waals surface area contributed by atoms with Crippen molar-refractivity contribution in [3.05, 3.63) is 76.9 Å². The number of benzene rings is 2. The van der Waals surface area contributed by atoms with Crippen molar-refractivity contribution < 1.29 is 14.6 Å². The monoisotopic (exact) mass is 406 g/mol. The number of aryl methyl sites for hydroxylation is 1. The predicted molar refractivity (Wildman–Crippen MR) is 125 cm³/mol. The van der Waals surface area contributed by atoms with Gasteiger partial charge in [-0.1, -0.05) is 68.5 Å². The second kappa shape index (κ2) is 12.7. The summed E-state index contributed by atoms with van der Waals surface area (Å²) in [6, 6.07) is 13.0. The van der Waals surface area contributed by atoms with E-state index >= 15 is 0 Å². The van der Waals surface area contributed by atoms with Gasteiger partial charge < -0.3 is 9.84 Å². The van der Waals surface area contributed by atoms with Crippen LogP contribution in [-0.4, -0.2) is 17.5 Å². The summed E-state index contributed by atoms with van der Waals surface area (Å²) in [6.07, 6.45) is 12.6. The van der Waals surface area contributed by atoms with Crippen molar-refractivity contribution in [1.82, 2.24) is 0 Å². The largest absolute Gasteiger partial charge is 0.507 e. The van der Waals surface area contributed by atoms with E-state index in [1.54, 1.807) is 12.1 Å². The standard InChI is InChI=1S/C27H34O3/c1-4-5-6-7-8-11-22-12-9-10-13-23(22)14-17-26(28)25-16-15-24(20-27(25)29)30-19-18-21(2)3/h9-10,12-18,20,29H,4-8,11,19H2,1-3H3. The van der Waals surface area contributed by atoms with Crippen molar-refractivity contribution in [1.29, 1.82) is 0 Å². The van der Waals surface area contributed by atoms with Crippen molar-refractivity contribution in [2.24, 2.45) is 0 Å². The smallest absolute Gasteiger partial charge is 0.189 e. The van der Waals surface area contributed by atoms with Crippen LogP contribution in [0.15, 0.2) is 60.2 Å². The molecule has 0 aromatic heterocycles. The van der Waals surface area contributed by atoms with E-state index in [1.807, 2.05) is 44.2 Å². The second-order valence-corrected chi connectivity index (χ2v) is 7.83. The Hall–Kier alpha value is -2.81. The molecule has 0 amide bonds. The molecule has 0 aliphatic heterocycles. The number of hydrogen-bond donors (Lipinski definition) is 1. The highest BCUT2D eigenvalue weighted by atomic mass is 16.5. The van der Waals surface area contributed by atoms with Gasteiger partial charge in [-0.15, -0.1) is 0 Å². The summed E-state index contributed by atoms with van der Waals surface area (Å²) in [5.74, 6) is 0.253. The molecule has 2 rings (SSSR count). The summed E-state index contributed by atoms with van der Waals surface area (Å²) in [6.45, 7) is 6.66. The van der Waals surface area contributed by atoms with Crippen LogP contribution in [0.3, 0.4) is 0 Å². The predicted octanol–water partition coefficient (Wildman–Crippen LogP) is 7.15. The van der Waals surface area contributed by atoms with Gasteiger partial charge >= 0.3 is 0 Å². The Kier molecular flexibility index (Phi) is 9.93. The van der Waals surface area contributed by atoms with Crippen LogP contribution in [0.1, 0.15) is 74.4 Å². The van der Waals surface area contributed by atoms with Gasteiger partial charge in [0.25, 0.3) is 0 Å². The Balaban J connectivity index is 2.01. The average molecular weight is 407 g/mol. The molecular weight excluding hydrogens is 372 g/mol. The molecule has 3 heteroatoms. The van der Waals surface area contributed by atoms with Crippen molar-refractivity contribution in [3.63, 3.8) is 0 Å². The number of carbonyl (C=O) groups is 1. The first-order valence-corrected chi connectivity index (χ1v) is 10.9. The minimum atomic E-state index is -0.221. The third-order valence-corrected chi connectivity index (χ3v) is 5.00. The van der Waals surface area contributed by atoms with Gasteiger partial charge in [-0.05, 0) is 62.1 Å². The van der Waals surface area contributed by atoms with Crippen LogP contribution in [0, 0.1) is 0 Å². The number of phenolic OH excluding ortho intramolecular Hbond substituents is 1. The number of phenols is 1. The van der Waals surface area contributed by atoms with Gasteiger partial charge in [-0.3, -0.25) is 4.79 Å². The quantitative estimate of drug-likeness (QED) is 0.176. The van der Waals surface area contributed by atoms with E-state index in [9.17, 15) is 9.90 Å². The van der Waals surface area contributed by atoms with E-state index in [1.165, 1.54) is 43.4 Å². The van der Waals surface area contributed by atoms with Gasteiger partial charge in [0.2, 0.25) is 0 Å². The summed E-state index contributed by atoms with van der Waals surface area (Å²) < 4.78 is 5.57. The highest BCUT2D eigenvalue weighted by molar-refractivity contribution is 6.08. The molecule has 1 N–H and O–H groups in total. The van der Waals surface area contributed by atoms with Crippen LogP contribution in [-0.2, 0) is 6.42 Å². The summed E-state index contributed by atoms with van der Waals surface area (Å²) in [4.78, 5) is 12.6. The Bertz CT molecular complexity index is 873. The van der Waals surface area contributed by atoms with Crippen LogP contribution < -0.4 is 4.74 Å². The van der Waals surface area contributed by atoms with E-state index in [2.05, 4.69) is 13.0 Å². The molecule has 30 heavy (non-hydrogen) atoms. The Labute approximate surface area is 181 Å². The van der Waals surface area contributed by atoms with Gasteiger partial charge in [0.1, 0.15) is 18.1 Å². The zero-order valence-electron chi connectivity index (χ0n) is 18.5. The summed E-state index contributed by atoms with van der Waals surface area (Å²) in [5, 5.41) is 10.3. The normalized spacial score (nSPS) is 10.9. The Morgan fingerprint density at radius 3 is 2.53 bits per heavy atom. The van der Waals surface area contributed by atoms with Crippen molar-refractivity contribution in [2.45, 2.75) is 59.3 Å². The lowest BCUT2D eigenvalue weighted by Gasteiger charge is -2.07. The fraction of sp³-hybridized carbons (Fsp3) is 0.370. The first kappa shape index (κ1) is 23.5. The Morgan fingerprint density at radius 2 is 1.80 bits per heavy atom. The first-order valence-electron chi connectivity index (χ1n) is 10.9. The number of allylic oxidation sites excluding steroid dienone is 2. The zero-order valence-corrected chi connectivity index (χ0v) is 18.5. The number of ether oxygens (including phenoxy) is 1. The van der Waals surface area contributed by atoms with Crippen LogP contribution in [0.5, 0.6) is 11.5 Å². The maximum absolute atomic E-state index is 12.6. The Morgan fingerprint density at radius 1 is 1.03 bits per heavy atom. The molecule has 0 radical (unpaired) electrons. The first-order chi connectivity index (χ1) is 14.5. The number of carbonyl (C=O) groups excluding carboxylic acids is 1. The molecule has 0 aliphatic carbocycles. The lowest BCUT2D eigenvalue weighted by molar-refractivity contribution is 0.104. The SMILES string of the molecule is CCCCCCCc1ccccc1C=CC(=O)c1ccc(OCC=C(C)C)cc1O. The lowest BCUT2D eigenvalue weighted by atomic mass is 9.99. The molecule has 0 fully saturated rings. The minimum Gasteiger partial charge on any atom is -0.507 e. The van der Waals surface area contributed by atoms with Gasteiger partial charge in [0.15, 0.2) is 5.78 Å². The second-order valence-electron chi connectivity index (χ2n) is 7.83. The number of unbranched alkanes of at least 4 members (excludes halogenated alkanes) is 4. The summed E-state index contributed by atoms with van der Waals surface area (Å²) in [7, 11) is 0. The lowest BCUT2D eigenvalue weighted by Crippen LogP contribution is -1.98. The van der Waals surface area contributed by atoms with Crippen molar-refractivity contribution in [3.8, 4) is 11.5 Å². The highest BCUT2D eigenvalue weighted by Gasteiger charge is 2.10. The average Bonchev–Trinajstić information content (AvgIpc) is 2.72. The van der Waals surface area contributed by atoms with E-state index in [4.69, 9.17) is 4.74 Å². The molecule has 0 heterocycles. The summed E-state index contributed by atoms with van der Waals surface area (Å²) in [5.41, 5.74) is 3.75. The third-order valence-electron chi connectivity index (χ3n) is 5.00. The molecule has 3 nitrogen and oxygen atoms in total. The van der Waals surface area contributed by atoms with Crippen molar-refractivity contribution >= 4 is 11.9 Å². The molecule has 160 valence electrons. The molecule has 0 spiro atoms. The summed E-state index contributed by atoms with van der Waals surface area (Å²) >= 11 is 0. The number of rotatable bonds is 12.